The van der Waals surface area contributed by atoms with Crippen molar-refractivity contribution in [3.8, 4) is 5.75 Å². The largest absolute Gasteiger partial charge is 0.497 e. The Morgan fingerprint density at radius 2 is 2.00 bits per heavy atom. The summed E-state index contributed by atoms with van der Waals surface area (Å²) in [4.78, 5) is 0. The lowest BCUT2D eigenvalue weighted by Crippen LogP contribution is -2.08. The maximum Gasteiger partial charge on any atom is 0.118 e. The van der Waals surface area contributed by atoms with E-state index in [1.165, 1.54) is 11.1 Å². The van der Waals surface area contributed by atoms with Gasteiger partial charge in [0.15, 0.2) is 0 Å². The van der Waals surface area contributed by atoms with Gasteiger partial charge in [-0.05, 0) is 48.4 Å². The molecule has 2 rings (SSSR count). The molecule has 0 saturated carbocycles. The Balaban J connectivity index is 1.87. The monoisotopic (exact) mass is 292 g/mol. The lowest BCUT2D eigenvalue weighted by molar-refractivity contribution is 0.414. The summed E-state index contributed by atoms with van der Waals surface area (Å²) in [5, 5.41) is 4.19. The molecular weight excluding hydrogens is 272 g/mol. The fourth-order valence-corrected chi connectivity index (χ4v) is 2.56. The van der Waals surface area contributed by atoms with Gasteiger partial charge in [-0.3, -0.25) is 4.68 Å². The average Bonchev–Trinajstić information content (AvgIpc) is 2.89. The third kappa shape index (κ3) is 4.27. The van der Waals surface area contributed by atoms with E-state index in [9.17, 15) is 0 Å². The Hall–Kier alpha value is -1.48. The summed E-state index contributed by atoms with van der Waals surface area (Å²) in [5.41, 5.74) is 2.58. The van der Waals surface area contributed by atoms with E-state index in [-0.39, 0.29) is 0 Å². The molecule has 2 aromatic rings. The van der Waals surface area contributed by atoms with E-state index in [0.29, 0.717) is 11.8 Å². The summed E-state index contributed by atoms with van der Waals surface area (Å²) in [7, 11) is 3.63. The lowest BCUT2D eigenvalue weighted by Gasteiger charge is -2.13. The quantitative estimate of drug-likeness (QED) is 0.731. The summed E-state index contributed by atoms with van der Waals surface area (Å²) >= 11 is 6.10. The molecule has 0 aliphatic rings. The molecule has 1 aromatic heterocycles. The number of nitrogens with zero attached hydrogens (tertiary/aromatic N) is 2. The van der Waals surface area contributed by atoms with Gasteiger partial charge in [-0.1, -0.05) is 12.1 Å². The number of rotatable bonds is 7. The van der Waals surface area contributed by atoms with E-state index in [4.69, 9.17) is 16.3 Å². The SMILES string of the molecule is COc1ccc(CC(CCl)CCc2cnn(C)c2)cc1. The smallest absolute Gasteiger partial charge is 0.118 e. The minimum Gasteiger partial charge on any atom is -0.497 e. The van der Waals surface area contributed by atoms with Crippen molar-refractivity contribution in [3.05, 3.63) is 47.8 Å². The molecule has 1 unspecified atom stereocenters. The molecule has 20 heavy (non-hydrogen) atoms. The van der Waals surface area contributed by atoms with Gasteiger partial charge >= 0.3 is 0 Å². The zero-order valence-corrected chi connectivity index (χ0v) is 12.8. The number of benzene rings is 1. The molecule has 0 saturated heterocycles. The van der Waals surface area contributed by atoms with Gasteiger partial charge in [-0.2, -0.15) is 5.10 Å². The molecule has 0 radical (unpaired) electrons. The number of aryl methyl sites for hydroxylation is 2. The summed E-state index contributed by atoms with van der Waals surface area (Å²) in [6.45, 7) is 0. The third-order valence-electron chi connectivity index (χ3n) is 3.50. The van der Waals surface area contributed by atoms with Crippen LogP contribution in [0.2, 0.25) is 0 Å². The van der Waals surface area contributed by atoms with Crippen LogP contribution in [0, 0.1) is 5.92 Å². The lowest BCUT2D eigenvalue weighted by atomic mass is 9.95. The molecule has 1 heterocycles. The van der Waals surface area contributed by atoms with Gasteiger partial charge in [-0.25, -0.2) is 0 Å². The number of halogens is 1. The molecule has 1 atom stereocenters. The third-order valence-corrected chi connectivity index (χ3v) is 3.94. The molecule has 4 heteroatoms. The summed E-state index contributed by atoms with van der Waals surface area (Å²) in [6.07, 6.45) is 7.12. The van der Waals surface area contributed by atoms with Gasteiger partial charge in [0, 0.05) is 19.1 Å². The molecule has 0 aliphatic heterocycles. The second kappa shape index (κ2) is 7.34. The molecule has 1 aromatic carbocycles. The molecule has 3 nitrogen and oxygen atoms in total. The van der Waals surface area contributed by atoms with Crippen LogP contribution in [0.1, 0.15) is 17.5 Å². The van der Waals surface area contributed by atoms with Crippen molar-refractivity contribution in [2.75, 3.05) is 13.0 Å². The highest BCUT2D eigenvalue weighted by molar-refractivity contribution is 6.18. The second-order valence-corrected chi connectivity index (χ2v) is 5.44. The van der Waals surface area contributed by atoms with Crippen LogP contribution >= 0.6 is 11.6 Å². The highest BCUT2D eigenvalue weighted by atomic mass is 35.5. The fraction of sp³-hybridized carbons (Fsp3) is 0.438. The predicted molar refractivity (Wildman–Crippen MR) is 82.4 cm³/mol. The highest BCUT2D eigenvalue weighted by Crippen LogP contribution is 2.19. The van der Waals surface area contributed by atoms with Crippen LogP contribution in [0.25, 0.3) is 0 Å². The van der Waals surface area contributed by atoms with Crippen molar-refractivity contribution < 1.29 is 4.74 Å². The van der Waals surface area contributed by atoms with Gasteiger partial charge in [0.05, 0.1) is 13.3 Å². The van der Waals surface area contributed by atoms with Crippen LogP contribution < -0.4 is 4.74 Å². The number of hydrogen-bond donors (Lipinski definition) is 0. The number of ether oxygens (including phenoxy) is 1. The number of methoxy groups -OCH3 is 1. The Labute approximate surface area is 125 Å². The normalized spacial score (nSPS) is 12.3. The first kappa shape index (κ1) is 14.9. The van der Waals surface area contributed by atoms with E-state index < -0.39 is 0 Å². The molecular formula is C16H21ClN2O. The zero-order chi connectivity index (χ0) is 14.4. The van der Waals surface area contributed by atoms with Crippen LogP contribution in [0.15, 0.2) is 36.7 Å². The van der Waals surface area contributed by atoms with Crippen LogP contribution in [0.3, 0.4) is 0 Å². The number of alkyl halides is 1. The van der Waals surface area contributed by atoms with Crippen molar-refractivity contribution in [3.63, 3.8) is 0 Å². The number of hydrogen-bond acceptors (Lipinski definition) is 2. The summed E-state index contributed by atoms with van der Waals surface area (Å²) in [5.74, 6) is 2.07. The maximum atomic E-state index is 6.10. The molecule has 0 aliphatic carbocycles. The Bertz CT molecular complexity index is 522. The van der Waals surface area contributed by atoms with Crippen LogP contribution in [-0.4, -0.2) is 22.8 Å². The van der Waals surface area contributed by atoms with Gasteiger partial charge < -0.3 is 4.74 Å². The topological polar surface area (TPSA) is 27.1 Å². The van der Waals surface area contributed by atoms with Crippen molar-refractivity contribution in [1.29, 1.82) is 0 Å². The fourth-order valence-electron chi connectivity index (χ4n) is 2.30. The first-order chi connectivity index (χ1) is 9.71. The van der Waals surface area contributed by atoms with Gasteiger partial charge in [0.1, 0.15) is 5.75 Å². The van der Waals surface area contributed by atoms with E-state index in [0.717, 1.165) is 25.0 Å². The van der Waals surface area contributed by atoms with E-state index in [1.807, 2.05) is 30.1 Å². The molecule has 108 valence electrons. The van der Waals surface area contributed by atoms with Gasteiger partial charge in [-0.15, -0.1) is 11.6 Å². The Kier molecular flexibility index (Phi) is 5.48. The van der Waals surface area contributed by atoms with Crippen molar-refractivity contribution >= 4 is 11.6 Å². The molecule has 0 spiro atoms. The maximum absolute atomic E-state index is 6.10. The minimum atomic E-state index is 0.491. The summed E-state index contributed by atoms with van der Waals surface area (Å²) in [6, 6.07) is 8.23. The minimum absolute atomic E-state index is 0.491. The van der Waals surface area contributed by atoms with E-state index in [1.54, 1.807) is 7.11 Å². The average molecular weight is 293 g/mol. The van der Waals surface area contributed by atoms with E-state index >= 15 is 0 Å². The van der Waals surface area contributed by atoms with Crippen LogP contribution in [-0.2, 0) is 19.9 Å². The molecule has 0 bridgehead atoms. The Morgan fingerprint density at radius 3 is 2.55 bits per heavy atom. The van der Waals surface area contributed by atoms with Crippen molar-refractivity contribution in [2.45, 2.75) is 19.3 Å². The summed E-state index contributed by atoms with van der Waals surface area (Å²) < 4.78 is 7.01. The van der Waals surface area contributed by atoms with Crippen LogP contribution in [0.4, 0.5) is 0 Å². The second-order valence-electron chi connectivity index (χ2n) is 5.13. The molecule has 0 amide bonds. The first-order valence-electron chi connectivity index (χ1n) is 6.87. The van der Waals surface area contributed by atoms with Crippen molar-refractivity contribution in [2.24, 2.45) is 13.0 Å². The number of aromatic nitrogens is 2. The zero-order valence-electron chi connectivity index (χ0n) is 12.1. The highest BCUT2D eigenvalue weighted by Gasteiger charge is 2.10. The first-order valence-corrected chi connectivity index (χ1v) is 7.41. The Morgan fingerprint density at radius 1 is 1.25 bits per heavy atom. The predicted octanol–water partition coefficient (Wildman–Crippen LogP) is 3.46. The molecule has 0 N–H and O–H groups in total. The molecule has 0 fully saturated rings. The van der Waals surface area contributed by atoms with Gasteiger partial charge in [0.25, 0.3) is 0 Å². The van der Waals surface area contributed by atoms with Crippen molar-refractivity contribution in [1.82, 2.24) is 9.78 Å². The van der Waals surface area contributed by atoms with Crippen LogP contribution in [0.5, 0.6) is 5.75 Å². The standard InChI is InChI=1S/C16H21ClN2O/c1-19-12-15(11-18-19)4-3-14(10-17)9-13-5-7-16(20-2)8-6-13/h5-8,11-12,14H,3-4,9-10H2,1-2H3. The van der Waals surface area contributed by atoms with E-state index in [2.05, 4.69) is 23.4 Å². The van der Waals surface area contributed by atoms with Gasteiger partial charge in [0.2, 0.25) is 0 Å².